The smallest absolute Gasteiger partial charge is 0.257 e. The summed E-state index contributed by atoms with van der Waals surface area (Å²) in [6.07, 6.45) is 6.54. The van der Waals surface area contributed by atoms with Gasteiger partial charge in [0.25, 0.3) is 5.91 Å². The Bertz CT molecular complexity index is 725. The summed E-state index contributed by atoms with van der Waals surface area (Å²) in [6, 6.07) is 0.426. The second kappa shape index (κ2) is 8.44. The number of rotatable bonds is 6. The normalized spacial score (nSPS) is 18.3. The quantitative estimate of drug-likeness (QED) is 0.785. The van der Waals surface area contributed by atoms with Crippen LogP contribution in [-0.4, -0.2) is 61.3 Å². The predicted molar refractivity (Wildman–Crippen MR) is 96.6 cm³/mol. The molecule has 142 valence electrons. The molecule has 0 aromatic carbocycles. The number of amides is 1. The number of nitrogens with zero attached hydrogens (tertiary/aromatic N) is 6. The van der Waals surface area contributed by atoms with Gasteiger partial charge in [-0.3, -0.25) is 14.4 Å². The molecule has 2 aromatic rings. The highest BCUT2D eigenvalue weighted by Gasteiger charge is 2.26. The Balaban J connectivity index is 1.60. The van der Waals surface area contributed by atoms with Crippen molar-refractivity contribution in [2.45, 2.75) is 59.2 Å². The fourth-order valence-corrected chi connectivity index (χ4v) is 3.56. The summed E-state index contributed by atoms with van der Waals surface area (Å²) in [5.74, 6) is 1.41. The first-order valence-electron chi connectivity index (χ1n) is 9.45. The molecule has 0 radical (unpaired) electrons. The lowest BCUT2D eigenvalue weighted by Crippen LogP contribution is -2.37. The third kappa shape index (κ3) is 4.30. The van der Waals surface area contributed by atoms with Gasteiger partial charge in [-0.25, -0.2) is 0 Å². The van der Waals surface area contributed by atoms with E-state index in [0.29, 0.717) is 24.0 Å². The molecule has 0 N–H and O–H groups in total. The average molecular weight is 360 g/mol. The van der Waals surface area contributed by atoms with E-state index in [9.17, 15) is 4.79 Å². The number of carbonyl (C=O) groups is 1. The van der Waals surface area contributed by atoms with Crippen molar-refractivity contribution in [2.75, 3.05) is 19.6 Å². The highest BCUT2D eigenvalue weighted by Crippen LogP contribution is 2.20. The minimum atomic E-state index is 0.0854. The summed E-state index contributed by atoms with van der Waals surface area (Å²) in [5, 5.41) is 8.23. The molecule has 1 saturated heterocycles. The van der Waals surface area contributed by atoms with Crippen LogP contribution in [0.5, 0.6) is 0 Å². The van der Waals surface area contributed by atoms with E-state index in [2.05, 4.69) is 27.1 Å². The Labute approximate surface area is 154 Å². The van der Waals surface area contributed by atoms with Crippen molar-refractivity contribution in [1.29, 1.82) is 0 Å². The molecule has 3 rings (SSSR count). The zero-order chi connectivity index (χ0) is 18.5. The first-order valence-corrected chi connectivity index (χ1v) is 9.45. The Hall–Kier alpha value is -2.22. The van der Waals surface area contributed by atoms with Gasteiger partial charge in [0.15, 0.2) is 5.82 Å². The van der Waals surface area contributed by atoms with Crippen LogP contribution in [0.2, 0.25) is 0 Å². The highest BCUT2D eigenvalue weighted by molar-refractivity contribution is 5.93. The van der Waals surface area contributed by atoms with Crippen LogP contribution in [-0.2, 0) is 13.1 Å². The Morgan fingerprint density at radius 2 is 2.19 bits per heavy atom. The van der Waals surface area contributed by atoms with Gasteiger partial charge in [-0.2, -0.15) is 10.1 Å². The third-order valence-electron chi connectivity index (χ3n) is 5.03. The van der Waals surface area contributed by atoms with Crippen LogP contribution in [0.1, 0.15) is 55.2 Å². The van der Waals surface area contributed by atoms with Crippen LogP contribution in [0.25, 0.3) is 0 Å². The SMILES string of the molecule is CCN(Cc1noc(C)n1)[C@H]1CCCN(C(=O)c2cnn(CC)c2)CC1. The van der Waals surface area contributed by atoms with Crippen LogP contribution in [0.4, 0.5) is 0 Å². The number of hydrogen-bond acceptors (Lipinski definition) is 6. The summed E-state index contributed by atoms with van der Waals surface area (Å²) in [4.78, 5) is 21.4. The Morgan fingerprint density at radius 3 is 2.85 bits per heavy atom. The maximum absolute atomic E-state index is 12.7. The van der Waals surface area contributed by atoms with Gasteiger partial charge in [-0.15, -0.1) is 0 Å². The predicted octanol–water partition coefficient (Wildman–Crippen LogP) is 2.11. The summed E-state index contributed by atoms with van der Waals surface area (Å²) in [7, 11) is 0. The molecule has 3 heterocycles. The number of aryl methyl sites for hydroxylation is 2. The average Bonchev–Trinajstić information content (AvgIpc) is 3.22. The van der Waals surface area contributed by atoms with Crippen molar-refractivity contribution >= 4 is 5.91 Å². The molecule has 26 heavy (non-hydrogen) atoms. The second-order valence-electron chi connectivity index (χ2n) is 6.75. The molecule has 1 aliphatic rings. The minimum absolute atomic E-state index is 0.0854. The lowest BCUT2D eigenvalue weighted by molar-refractivity contribution is 0.0755. The van der Waals surface area contributed by atoms with Gasteiger partial charge in [0, 0.05) is 38.8 Å². The molecule has 2 aromatic heterocycles. The van der Waals surface area contributed by atoms with Crippen molar-refractivity contribution < 1.29 is 9.32 Å². The summed E-state index contributed by atoms with van der Waals surface area (Å²) in [6.45, 7) is 9.93. The number of carbonyl (C=O) groups excluding carboxylic acids is 1. The van der Waals surface area contributed by atoms with Crippen LogP contribution in [0, 0.1) is 6.92 Å². The Morgan fingerprint density at radius 1 is 1.35 bits per heavy atom. The van der Waals surface area contributed by atoms with Crippen LogP contribution >= 0.6 is 0 Å². The van der Waals surface area contributed by atoms with Gasteiger partial charge in [0.2, 0.25) is 5.89 Å². The topological polar surface area (TPSA) is 80.3 Å². The van der Waals surface area contributed by atoms with E-state index >= 15 is 0 Å². The molecule has 0 bridgehead atoms. The lowest BCUT2D eigenvalue weighted by Gasteiger charge is -2.28. The maximum Gasteiger partial charge on any atom is 0.257 e. The fraction of sp³-hybridized carbons (Fsp3) is 0.667. The number of likely N-dealkylation sites (tertiary alicyclic amines) is 1. The van der Waals surface area contributed by atoms with Crippen LogP contribution < -0.4 is 0 Å². The van der Waals surface area contributed by atoms with Crippen LogP contribution in [0.3, 0.4) is 0 Å². The van der Waals surface area contributed by atoms with Crippen molar-refractivity contribution in [3.63, 3.8) is 0 Å². The lowest BCUT2D eigenvalue weighted by atomic mass is 10.1. The zero-order valence-electron chi connectivity index (χ0n) is 15.9. The monoisotopic (exact) mass is 360 g/mol. The molecule has 1 atom stereocenters. The van der Waals surface area contributed by atoms with Gasteiger partial charge in [0.1, 0.15) is 0 Å². The van der Waals surface area contributed by atoms with Gasteiger partial charge in [0.05, 0.1) is 18.3 Å². The van der Waals surface area contributed by atoms with Crippen molar-refractivity contribution in [1.82, 2.24) is 29.7 Å². The summed E-state index contributed by atoms with van der Waals surface area (Å²) in [5.41, 5.74) is 0.680. The van der Waals surface area contributed by atoms with E-state index in [4.69, 9.17) is 4.52 Å². The van der Waals surface area contributed by atoms with E-state index in [1.807, 2.05) is 24.9 Å². The molecule has 0 aliphatic carbocycles. The standard InChI is InChI=1S/C18H28N6O2/c1-4-22(13-17-20-14(3)26-21-17)16-7-6-9-23(10-8-16)18(25)15-11-19-24(5-2)12-15/h11-12,16H,4-10,13H2,1-3H3/t16-/m0/s1. The molecule has 0 unspecified atom stereocenters. The largest absolute Gasteiger partial charge is 0.340 e. The number of aromatic nitrogens is 4. The van der Waals surface area contributed by atoms with E-state index in [1.54, 1.807) is 10.9 Å². The molecular weight excluding hydrogens is 332 g/mol. The summed E-state index contributed by atoms with van der Waals surface area (Å²) < 4.78 is 6.87. The molecule has 8 nitrogen and oxygen atoms in total. The third-order valence-corrected chi connectivity index (χ3v) is 5.03. The van der Waals surface area contributed by atoms with Gasteiger partial charge in [-0.1, -0.05) is 12.1 Å². The van der Waals surface area contributed by atoms with Crippen LogP contribution in [0.15, 0.2) is 16.9 Å². The molecule has 8 heteroatoms. The second-order valence-corrected chi connectivity index (χ2v) is 6.75. The number of hydrogen-bond donors (Lipinski definition) is 0. The zero-order valence-corrected chi connectivity index (χ0v) is 15.9. The molecule has 0 spiro atoms. The first-order chi connectivity index (χ1) is 12.6. The van der Waals surface area contributed by atoms with Crippen molar-refractivity contribution in [2.24, 2.45) is 0 Å². The van der Waals surface area contributed by atoms with E-state index in [0.717, 1.165) is 51.3 Å². The minimum Gasteiger partial charge on any atom is -0.340 e. The highest BCUT2D eigenvalue weighted by atomic mass is 16.5. The molecular formula is C18H28N6O2. The van der Waals surface area contributed by atoms with E-state index < -0.39 is 0 Å². The van der Waals surface area contributed by atoms with Crippen molar-refractivity contribution in [3.05, 3.63) is 29.7 Å². The Kier molecular flexibility index (Phi) is 6.03. The molecule has 1 aliphatic heterocycles. The molecule has 1 amide bonds. The van der Waals surface area contributed by atoms with Gasteiger partial charge >= 0.3 is 0 Å². The van der Waals surface area contributed by atoms with E-state index in [1.165, 1.54) is 0 Å². The molecule has 1 fully saturated rings. The molecule has 0 saturated carbocycles. The van der Waals surface area contributed by atoms with Gasteiger partial charge < -0.3 is 9.42 Å². The van der Waals surface area contributed by atoms with E-state index in [-0.39, 0.29) is 5.91 Å². The first kappa shape index (κ1) is 18.6. The van der Waals surface area contributed by atoms with Crippen molar-refractivity contribution in [3.8, 4) is 0 Å². The van der Waals surface area contributed by atoms with Gasteiger partial charge in [-0.05, 0) is 32.7 Å². The fourth-order valence-electron chi connectivity index (χ4n) is 3.56. The maximum atomic E-state index is 12.7. The summed E-state index contributed by atoms with van der Waals surface area (Å²) >= 11 is 0.